The van der Waals surface area contributed by atoms with Crippen molar-refractivity contribution in [2.75, 3.05) is 13.1 Å². The number of benzene rings is 1. The van der Waals surface area contributed by atoms with E-state index in [0.717, 1.165) is 31.5 Å². The monoisotopic (exact) mass is 382 g/mol. The highest BCUT2D eigenvalue weighted by molar-refractivity contribution is 6.42. The summed E-state index contributed by atoms with van der Waals surface area (Å²) in [6.07, 6.45) is 7.15. The Morgan fingerprint density at radius 3 is 2.84 bits per heavy atom. The Hall–Kier alpha value is -1.56. The summed E-state index contributed by atoms with van der Waals surface area (Å²) in [7, 11) is 0. The first-order chi connectivity index (χ1) is 12.0. The van der Waals surface area contributed by atoms with E-state index in [1.54, 1.807) is 18.6 Å². The minimum absolute atomic E-state index is 0.175. The van der Waals surface area contributed by atoms with Crippen molar-refractivity contribution in [2.24, 2.45) is 11.7 Å². The van der Waals surface area contributed by atoms with Crippen molar-refractivity contribution in [1.29, 1.82) is 0 Å². The largest absolute Gasteiger partial charge is 0.369 e. The fraction of sp³-hybridized carbons (Fsp3) is 0.444. The summed E-state index contributed by atoms with van der Waals surface area (Å²) in [5, 5.41) is 1.09. The Kier molecular flexibility index (Phi) is 7.75. The van der Waals surface area contributed by atoms with E-state index >= 15 is 0 Å². The van der Waals surface area contributed by atoms with Crippen LogP contribution in [-0.2, 0) is 17.9 Å². The molecule has 2 N–H and O–H groups in total. The Bertz CT molecular complexity index is 676. The maximum atomic E-state index is 11.8. The molecule has 1 amide bonds. The Labute approximate surface area is 158 Å². The van der Waals surface area contributed by atoms with E-state index < -0.39 is 0 Å². The van der Waals surface area contributed by atoms with Gasteiger partial charge < -0.3 is 10.3 Å². The molecule has 0 bridgehead atoms. The van der Waals surface area contributed by atoms with Crippen molar-refractivity contribution in [1.82, 2.24) is 14.5 Å². The summed E-state index contributed by atoms with van der Waals surface area (Å²) in [4.78, 5) is 18.0. The van der Waals surface area contributed by atoms with Crippen molar-refractivity contribution in [3.05, 3.63) is 52.5 Å². The molecule has 0 saturated carbocycles. The first-order valence-electron chi connectivity index (χ1n) is 8.41. The van der Waals surface area contributed by atoms with Gasteiger partial charge in [0, 0.05) is 38.6 Å². The summed E-state index contributed by atoms with van der Waals surface area (Å²) < 4.78 is 2.01. The van der Waals surface area contributed by atoms with Gasteiger partial charge >= 0.3 is 0 Å². The fourth-order valence-electron chi connectivity index (χ4n) is 2.81. The summed E-state index contributed by atoms with van der Waals surface area (Å²) in [6.45, 7) is 4.80. The predicted molar refractivity (Wildman–Crippen MR) is 102 cm³/mol. The standard InChI is InChI=1S/C18H24Cl2N4O/c1-2-4-15(18(21)25)12-24(10-9-23-8-7-22-13-23)11-14-5-3-6-16(19)17(14)20/h3,5-8,13,15H,2,4,9-12H2,1H3,(H2,21,25). The maximum absolute atomic E-state index is 11.8. The summed E-state index contributed by atoms with van der Waals surface area (Å²) in [6, 6.07) is 5.61. The van der Waals surface area contributed by atoms with Gasteiger partial charge in [-0.1, -0.05) is 48.7 Å². The lowest BCUT2D eigenvalue weighted by Gasteiger charge is -2.26. The van der Waals surface area contributed by atoms with E-state index in [1.807, 2.05) is 22.9 Å². The molecule has 5 nitrogen and oxygen atoms in total. The van der Waals surface area contributed by atoms with Gasteiger partial charge in [0.2, 0.25) is 5.91 Å². The van der Waals surface area contributed by atoms with Gasteiger partial charge in [-0.05, 0) is 18.1 Å². The third-order valence-corrected chi connectivity index (χ3v) is 5.04. The van der Waals surface area contributed by atoms with Crippen LogP contribution < -0.4 is 5.73 Å². The van der Waals surface area contributed by atoms with Crippen LogP contribution in [0.1, 0.15) is 25.3 Å². The molecule has 0 saturated heterocycles. The number of hydrogen-bond acceptors (Lipinski definition) is 3. The second-order valence-electron chi connectivity index (χ2n) is 6.14. The molecule has 2 rings (SSSR count). The lowest BCUT2D eigenvalue weighted by atomic mass is 10.0. The molecule has 1 atom stereocenters. The zero-order valence-corrected chi connectivity index (χ0v) is 15.9. The molecule has 2 aromatic rings. The van der Waals surface area contributed by atoms with Crippen LogP contribution in [0.4, 0.5) is 0 Å². The van der Waals surface area contributed by atoms with Crippen LogP contribution in [0, 0.1) is 5.92 Å². The molecule has 25 heavy (non-hydrogen) atoms. The number of carbonyl (C=O) groups excluding carboxylic acids is 1. The third kappa shape index (κ3) is 6.03. The molecule has 0 aliphatic carbocycles. The summed E-state index contributed by atoms with van der Waals surface area (Å²) >= 11 is 12.5. The number of carbonyl (C=O) groups is 1. The zero-order chi connectivity index (χ0) is 18.2. The van der Waals surface area contributed by atoms with Gasteiger partial charge in [-0.25, -0.2) is 4.98 Å². The van der Waals surface area contributed by atoms with E-state index in [-0.39, 0.29) is 11.8 Å². The molecule has 0 spiro atoms. The Morgan fingerprint density at radius 2 is 2.20 bits per heavy atom. The van der Waals surface area contributed by atoms with Gasteiger partial charge in [0.15, 0.2) is 0 Å². The SMILES string of the molecule is CCCC(CN(CCn1ccnc1)Cc1cccc(Cl)c1Cl)C(N)=O. The van der Waals surface area contributed by atoms with Crippen molar-refractivity contribution >= 4 is 29.1 Å². The van der Waals surface area contributed by atoms with Crippen molar-refractivity contribution in [3.63, 3.8) is 0 Å². The predicted octanol–water partition coefficient (Wildman–Crippen LogP) is 3.59. The number of aromatic nitrogens is 2. The van der Waals surface area contributed by atoms with Crippen LogP contribution >= 0.6 is 23.2 Å². The Balaban J connectivity index is 2.12. The third-order valence-electron chi connectivity index (χ3n) is 4.18. The van der Waals surface area contributed by atoms with Crippen LogP contribution in [0.5, 0.6) is 0 Å². The molecule has 136 valence electrons. The first kappa shape index (κ1) is 19.8. The van der Waals surface area contributed by atoms with Gasteiger partial charge in [0.1, 0.15) is 0 Å². The zero-order valence-electron chi connectivity index (χ0n) is 14.4. The molecule has 0 aliphatic rings. The van der Waals surface area contributed by atoms with E-state index in [2.05, 4.69) is 16.8 Å². The van der Waals surface area contributed by atoms with E-state index in [0.29, 0.717) is 23.1 Å². The number of rotatable bonds is 10. The molecule has 1 unspecified atom stereocenters. The minimum Gasteiger partial charge on any atom is -0.369 e. The van der Waals surface area contributed by atoms with E-state index in [4.69, 9.17) is 28.9 Å². The van der Waals surface area contributed by atoms with Crippen LogP contribution in [0.3, 0.4) is 0 Å². The average molecular weight is 383 g/mol. The topological polar surface area (TPSA) is 64.2 Å². The van der Waals surface area contributed by atoms with Crippen molar-refractivity contribution in [2.45, 2.75) is 32.9 Å². The van der Waals surface area contributed by atoms with Gasteiger partial charge in [-0.3, -0.25) is 9.69 Å². The second kappa shape index (κ2) is 9.80. The number of amides is 1. The number of halogens is 2. The number of nitrogens with zero attached hydrogens (tertiary/aromatic N) is 3. The van der Waals surface area contributed by atoms with Crippen molar-refractivity contribution < 1.29 is 4.79 Å². The van der Waals surface area contributed by atoms with Gasteiger partial charge in [-0.15, -0.1) is 0 Å². The highest BCUT2D eigenvalue weighted by Gasteiger charge is 2.20. The molecular formula is C18H24Cl2N4O. The Morgan fingerprint density at radius 1 is 1.40 bits per heavy atom. The number of imidazole rings is 1. The van der Waals surface area contributed by atoms with Crippen LogP contribution in [0.15, 0.2) is 36.9 Å². The van der Waals surface area contributed by atoms with E-state index in [9.17, 15) is 4.79 Å². The highest BCUT2D eigenvalue weighted by Crippen LogP contribution is 2.27. The van der Waals surface area contributed by atoms with E-state index in [1.165, 1.54) is 0 Å². The molecular weight excluding hydrogens is 359 g/mol. The highest BCUT2D eigenvalue weighted by atomic mass is 35.5. The van der Waals surface area contributed by atoms with Crippen LogP contribution in [-0.4, -0.2) is 33.4 Å². The van der Waals surface area contributed by atoms with Gasteiger partial charge in [0.25, 0.3) is 0 Å². The maximum Gasteiger partial charge on any atom is 0.221 e. The minimum atomic E-state index is -0.258. The number of hydrogen-bond donors (Lipinski definition) is 1. The molecule has 1 aromatic carbocycles. The lowest BCUT2D eigenvalue weighted by Crippen LogP contribution is -2.37. The van der Waals surface area contributed by atoms with Crippen LogP contribution in [0.25, 0.3) is 0 Å². The second-order valence-corrected chi connectivity index (χ2v) is 6.92. The molecule has 0 radical (unpaired) electrons. The normalized spacial score (nSPS) is 12.5. The summed E-state index contributed by atoms with van der Waals surface area (Å²) in [5.41, 5.74) is 6.53. The van der Waals surface area contributed by atoms with Gasteiger partial charge in [-0.2, -0.15) is 0 Å². The van der Waals surface area contributed by atoms with Gasteiger partial charge in [0.05, 0.1) is 22.3 Å². The smallest absolute Gasteiger partial charge is 0.221 e. The molecule has 1 aromatic heterocycles. The fourth-order valence-corrected chi connectivity index (χ4v) is 3.19. The average Bonchev–Trinajstić information content (AvgIpc) is 3.09. The van der Waals surface area contributed by atoms with Crippen molar-refractivity contribution in [3.8, 4) is 0 Å². The number of nitrogens with two attached hydrogens (primary N) is 1. The molecule has 0 aliphatic heterocycles. The molecule has 7 heteroatoms. The summed E-state index contributed by atoms with van der Waals surface area (Å²) in [5.74, 6) is -0.433. The quantitative estimate of drug-likeness (QED) is 0.682. The molecule has 0 fully saturated rings. The molecule has 1 heterocycles. The number of primary amides is 1. The lowest BCUT2D eigenvalue weighted by molar-refractivity contribution is -0.122. The first-order valence-corrected chi connectivity index (χ1v) is 9.17. The van der Waals surface area contributed by atoms with Crippen LogP contribution in [0.2, 0.25) is 10.0 Å².